The fourth-order valence-corrected chi connectivity index (χ4v) is 0.901. The normalized spacial score (nSPS) is 16.6. The first kappa shape index (κ1) is 8.06. The van der Waals surface area contributed by atoms with Gasteiger partial charge in [-0.3, -0.25) is 0 Å². The van der Waals surface area contributed by atoms with Crippen LogP contribution in [0.2, 0.25) is 0 Å². The first-order valence-electron chi connectivity index (χ1n) is 3.78. The first-order valence-corrected chi connectivity index (χ1v) is 3.78. The molecule has 6 heteroatoms. The molecule has 2 heterocycles. The van der Waals surface area contributed by atoms with E-state index in [4.69, 9.17) is 14.7 Å². The number of aromatic nitrogens is 2. The molecular weight excluding hydrogens is 176 g/mol. The Morgan fingerprint density at radius 2 is 2.54 bits per heavy atom. The van der Waals surface area contributed by atoms with Crippen molar-refractivity contribution in [3.05, 3.63) is 18.0 Å². The van der Waals surface area contributed by atoms with Gasteiger partial charge in [0.1, 0.15) is 5.56 Å². The van der Waals surface area contributed by atoms with Crippen molar-refractivity contribution < 1.29 is 19.5 Å². The molecule has 0 spiro atoms. The zero-order valence-corrected chi connectivity index (χ0v) is 6.71. The average molecular weight is 184 g/mol. The summed E-state index contributed by atoms with van der Waals surface area (Å²) in [6.45, 7) is 1.06. The van der Waals surface area contributed by atoms with E-state index in [1.807, 2.05) is 0 Å². The van der Waals surface area contributed by atoms with E-state index >= 15 is 0 Å². The van der Waals surface area contributed by atoms with E-state index in [0.717, 1.165) is 4.85 Å². The zero-order valence-electron chi connectivity index (χ0n) is 6.71. The molecule has 0 saturated carbocycles. The second-order valence-corrected chi connectivity index (χ2v) is 2.70. The highest BCUT2D eigenvalue weighted by Crippen LogP contribution is 2.03. The van der Waals surface area contributed by atoms with Gasteiger partial charge in [-0.1, -0.05) is 0 Å². The number of ether oxygens (including phenoxy) is 1. The van der Waals surface area contributed by atoms with Gasteiger partial charge in [0.2, 0.25) is 0 Å². The molecule has 70 valence electrons. The minimum Gasteiger partial charge on any atom is -0.478 e. The maximum absolute atomic E-state index is 10.4. The molecule has 0 radical (unpaired) electrons. The number of carboxylic acid groups (broad SMARTS) is 1. The van der Waals surface area contributed by atoms with Gasteiger partial charge < -0.3 is 14.7 Å². The third-order valence-corrected chi connectivity index (χ3v) is 1.67. The minimum atomic E-state index is -1.01. The van der Waals surface area contributed by atoms with Gasteiger partial charge in [0.05, 0.1) is 25.6 Å². The third kappa shape index (κ3) is 1.62. The number of nitrogens with zero attached hydrogens (tertiary/aromatic N) is 2. The molecule has 13 heavy (non-hydrogen) atoms. The molecule has 0 atom stereocenters. The van der Waals surface area contributed by atoms with Crippen LogP contribution < -0.4 is 4.84 Å². The quantitative estimate of drug-likeness (QED) is 0.679. The summed E-state index contributed by atoms with van der Waals surface area (Å²) in [6.07, 6.45) is 2.55. The van der Waals surface area contributed by atoms with Crippen LogP contribution in [-0.4, -0.2) is 40.3 Å². The highest BCUT2D eigenvalue weighted by Gasteiger charge is 2.21. The molecule has 0 amide bonds. The van der Waals surface area contributed by atoms with Crippen LogP contribution in [0.1, 0.15) is 10.4 Å². The van der Waals surface area contributed by atoms with Gasteiger partial charge in [-0.2, -0.15) is 0 Å². The lowest BCUT2D eigenvalue weighted by Gasteiger charge is -2.25. The monoisotopic (exact) mass is 184 g/mol. The summed E-state index contributed by atoms with van der Waals surface area (Å²) in [4.78, 5) is 16.8. The highest BCUT2D eigenvalue weighted by atomic mass is 16.7. The smallest absolute Gasteiger partial charge is 0.339 e. The van der Waals surface area contributed by atoms with Gasteiger partial charge in [0, 0.05) is 0 Å². The molecular formula is C7H8N2O4. The second kappa shape index (κ2) is 3.06. The number of rotatable bonds is 3. The van der Waals surface area contributed by atoms with Crippen molar-refractivity contribution in [2.45, 2.75) is 6.10 Å². The summed E-state index contributed by atoms with van der Waals surface area (Å²) < 4.78 is 4.88. The highest BCUT2D eigenvalue weighted by molar-refractivity contribution is 5.86. The standard InChI is InChI=1S/C7H8N2O4/c10-7(11)5-1-8-9(2-5)13-6-3-12-4-6/h1-2,6H,3-4H2,(H,10,11). The predicted molar refractivity (Wildman–Crippen MR) is 40.4 cm³/mol. The maximum Gasteiger partial charge on any atom is 0.339 e. The lowest BCUT2D eigenvalue weighted by atomic mass is 10.3. The van der Waals surface area contributed by atoms with Crippen molar-refractivity contribution in [2.75, 3.05) is 13.2 Å². The number of carboxylic acids is 1. The fourth-order valence-electron chi connectivity index (χ4n) is 0.901. The Kier molecular flexibility index (Phi) is 1.90. The molecule has 1 aliphatic heterocycles. The Labute approximate surface area is 73.6 Å². The summed E-state index contributed by atoms with van der Waals surface area (Å²) in [7, 11) is 0. The van der Waals surface area contributed by atoms with Crippen LogP contribution in [0.3, 0.4) is 0 Å². The van der Waals surface area contributed by atoms with E-state index in [-0.39, 0.29) is 11.7 Å². The van der Waals surface area contributed by atoms with Crippen molar-refractivity contribution >= 4 is 5.97 Å². The van der Waals surface area contributed by atoms with Crippen molar-refractivity contribution in [2.24, 2.45) is 0 Å². The van der Waals surface area contributed by atoms with Gasteiger partial charge in [-0.25, -0.2) is 4.79 Å². The number of aromatic carboxylic acids is 1. The molecule has 1 fully saturated rings. The molecule has 1 N–H and O–H groups in total. The first-order chi connectivity index (χ1) is 6.25. The van der Waals surface area contributed by atoms with E-state index in [2.05, 4.69) is 5.10 Å². The van der Waals surface area contributed by atoms with Crippen LogP contribution >= 0.6 is 0 Å². The Hall–Kier alpha value is -1.56. The van der Waals surface area contributed by atoms with Gasteiger partial charge in [-0.15, -0.1) is 9.94 Å². The molecule has 1 aromatic rings. The van der Waals surface area contributed by atoms with E-state index in [1.54, 1.807) is 0 Å². The number of hydrogen-bond donors (Lipinski definition) is 1. The second-order valence-electron chi connectivity index (χ2n) is 2.70. The molecule has 1 saturated heterocycles. The van der Waals surface area contributed by atoms with Gasteiger partial charge >= 0.3 is 5.97 Å². The van der Waals surface area contributed by atoms with Gasteiger partial charge in [-0.05, 0) is 0 Å². The van der Waals surface area contributed by atoms with Crippen molar-refractivity contribution in [1.82, 2.24) is 9.94 Å². The molecule has 1 aromatic heterocycles. The Balaban J connectivity index is 2.00. The molecule has 0 bridgehead atoms. The Morgan fingerprint density at radius 3 is 3.00 bits per heavy atom. The summed E-state index contributed by atoms with van der Waals surface area (Å²) >= 11 is 0. The Bertz CT molecular complexity index is 318. The third-order valence-electron chi connectivity index (χ3n) is 1.67. The molecule has 1 aliphatic rings. The lowest BCUT2D eigenvalue weighted by Crippen LogP contribution is -2.42. The van der Waals surface area contributed by atoms with Crippen LogP contribution in [-0.2, 0) is 4.74 Å². The number of carbonyl (C=O) groups is 1. The lowest BCUT2D eigenvalue weighted by molar-refractivity contribution is -0.139. The molecule has 0 aliphatic carbocycles. The Morgan fingerprint density at radius 1 is 1.77 bits per heavy atom. The van der Waals surface area contributed by atoms with E-state index in [9.17, 15) is 4.79 Å². The van der Waals surface area contributed by atoms with Crippen molar-refractivity contribution in [3.63, 3.8) is 0 Å². The largest absolute Gasteiger partial charge is 0.478 e. The number of hydrogen-bond acceptors (Lipinski definition) is 4. The van der Waals surface area contributed by atoms with E-state index in [0.29, 0.717) is 13.2 Å². The topological polar surface area (TPSA) is 73.6 Å². The van der Waals surface area contributed by atoms with Crippen molar-refractivity contribution in [1.29, 1.82) is 0 Å². The van der Waals surface area contributed by atoms with Gasteiger partial charge in [0.25, 0.3) is 0 Å². The predicted octanol–water partition coefficient (Wildman–Crippen LogP) is -0.591. The van der Waals surface area contributed by atoms with Crippen molar-refractivity contribution in [3.8, 4) is 0 Å². The van der Waals surface area contributed by atoms with Crippen LogP contribution in [0, 0.1) is 0 Å². The average Bonchev–Trinajstić information content (AvgIpc) is 2.44. The van der Waals surface area contributed by atoms with E-state index in [1.165, 1.54) is 12.4 Å². The van der Waals surface area contributed by atoms with Crippen LogP contribution in [0.25, 0.3) is 0 Å². The van der Waals surface area contributed by atoms with Gasteiger partial charge in [0.15, 0.2) is 6.10 Å². The van der Waals surface area contributed by atoms with Crippen LogP contribution in [0.15, 0.2) is 12.4 Å². The van der Waals surface area contributed by atoms with E-state index < -0.39 is 5.97 Å². The molecule has 2 rings (SSSR count). The maximum atomic E-state index is 10.4. The molecule has 6 nitrogen and oxygen atoms in total. The molecule has 0 unspecified atom stereocenters. The molecule has 0 aromatic carbocycles. The zero-order chi connectivity index (χ0) is 9.26. The summed E-state index contributed by atoms with van der Waals surface area (Å²) in [5, 5.41) is 12.3. The summed E-state index contributed by atoms with van der Waals surface area (Å²) in [5.41, 5.74) is 0.111. The summed E-state index contributed by atoms with van der Waals surface area (Å²) in [5.74, 6) is -1.01. The minimum absolute atomic E-state index is 0.0125. The summed E-state index contributed by atoms with van der Waals surface area (Å²) in [6, 6.07) is 0. The SMILES string of the molecule is O=C(O)c1cnn(OC2COC2)c1. The fraction of sp³-hybridized carbons (Fsp3) is 0.429. The van der Waals surface area contributed by atoms with Crippen LogP contribution in [0.4, 0.5) is 0 Å². The van der Waals surface area contributed by atoms with Crippen LogP contribution in [0.5, 0.6) is 0 Å².